The molecule has 0 aliphatic heterocycles. The zero-order valence-corrected chi connectivity index (χ0v) is 19.1. The number of rotatable bonds is 10. The van der Waals surface area contributed by atoms with Crippen molar-refractivity contribution in [3.63, 3.8) is 0 Å². The third-order valence-corrected chi connectivity index (χ3v) is 6.82. The Bertz CT molecular complexity index is 1200. The van der Waals surface area contributed by atoms with E-state index in [4.69, 9.17) is 4.74 Å². The lowest BCUT2D eigenvalue weighted by Crippen LogP contribution is -2.33. The molecular weight excluding hydrogens is 440 g/mol. The SMILES string of the molecule is COC(=O)[C@H](Cc1ccccc1)Nc1cc(-c2ccc(NS(=O)(=O)CC3CC3)cc2)ncn1. The van der Waals surface area contributed by atoms with Crippen LogP contribution in [0.5, 0.6) is 0 Å². The van der Waals surface area contributed by atoms with Crippen LogP contribution >= 0.6 is 0 Å². The van der Waals surface area contributed by atoms with Gasteiger partial charge in [-0.15, -0.1) is 0 Å². The Morgan fingerprint density at radius 3 is 2.48 bits per heavy atom. The summed E-state index contributed by atoms with van der Waals surface area (Å²) in [6.07, 6.45) is 3.82. The van der Waals surface area contributed by atoms with Gasteiger partial charge in [0, 0.05) is 23.7 Å². The number of benzene rings is 2. The highest BCUT2D eigenvalue weighted by Crippen LogP contribution is 2.31. The number of sulfonamides is 1. The molecule has 1 heterocycles. The van der Waals surface area contributed by atoms with Crippen LogP contribution in [0.1, 0.15) is 18.4 Å². The van der Waals surface area contributed by atoms with Crippen LogP contribution in [0.4, 0.5) is 11.5 Å². The first-order chi connectivity index (χ1) is 15.9. The van der Waals surface area contributed by atoms with Crippen molar-refractivity contribution in [2.24, 2.45) is 5.92 Å². The molecule has 1 fully saturated rings. The maximum absolute atomic E-state index is 12.3. The van der Waals surface area contributed by atoms with Crippen LogP contribution in [0.15, 0.2) is 67.0 Å². The molecule has 4 rings (SSSR count). The number of carbonyl (C=O) groups is 1. The molecule has 1 aromatic heterocycles. The molecule has 8 nitrogen and oxygen atoms in total. The van der Waals surface area contributed by atoms with Crippen LogP contribution in [0, 0.1) is 5.92 Å². The quantitative estimate of drug-likeness (QED) is 0.440. The van der Waals surface area contributed by atoms with Gasteiger partial charge >= 0.3 is 5.97 Å². The number of ether oxygens (including phenoxy) is 1. The van der Waals surface area contributed by atoms with Crippen molar-refractivity contribution < 1.29 is 17.9 Å². The van der Waals surface area contributed by atoms with Crippen molar-refractivity contribution in [3.8, 4) is 11.3 Å². The second-order valence-corrected chi connectivity index (χ2v) is 9.87. The highest BCUT2D eigenvalue weighted by molar-refractivity contribution is 7.92. The number of hydrogen-bond acceptors (Lipinski definition) is 7. The third-order valence-electron chi connectivity index (χ3n) is 5.36. The molecule has 33 heavy (non-hydrogen) atoms. The van der Waals surface area contributed by atoms with Gasteiger partial charge in [-0.25, -0.2) is 23.2 Å². The van der Waals surface area contributed by atoms with E-state index in [1.807, 2.05) is 30.3 Å². The van der Waals surface area contributed by atoms with Gasteiger partial charge < -0.3 is 10.1 Å². The Morgan fingerprint density at radius 1 is 1.09 bits per heavy atom. The first-order valence-electron chi connectivity index (χ1n) is 10.7. The van der Waals surface area contributed by atoms with Crippen molar-refractivity contribution in [2.45, 2.75) is 25.3 Å². The summed E-state index contributed by atoms with van der Waals surface area (Å²) in [5, 5.41) is 3.14. The molecule has 1 aliphatic carbocycles. The normalized spacial score (nSPS) is 14.3. The topological polar surface area (TPSA) is 110 Å². The van der Waals surface area contributed by atoms with Gasteiger partial charge in [-0.3, -0.25) is 4.72 Å². The first-order valence-corrected chi connectivity index (χ1v) is 12.4. The van der Waals surface area contributed by atoms with E-state index in [1.54, 1.807) is 30.3 Å². The third kappa shape index (κ3) is 6.52. The number of aromatic nitrogens is 2. The number of methoxy groups -OCH3 is 1. The van der Waals surface area contributed by atoms with E-state index in [0.29, 0.717) is 23.6 Å². The lowest BCUT2D eigenvalue weighted by molar-refractivity contribution is -0.141. The first kappa shape index (κ1) is 22.7. The Kier molecular flexibility index (Phi) is 6.88. The van der Waals surface area contributed by atoms with Crippen LogP contribution < -0.4 is 10.0 Å². The maximum atomic E-state index is 12.3. The summed E-state index contributed by atoms with van der Waals surface area (Å²) in [6.45, 7) is 0. The Morgan fingerprint density at radius 2 is 1.82 bits per heavy atom. The molecule has 1 atom stereocenters. The van der Waals surface area contributed by atoms with E-state index >= 15 is 0 Å². The second-order valence-electron chi connectivity index (χ2n) is 8.10. The second kappa shape index (κ2) is 9.99. The lowest BCUT2D eigenvalue weighted by atomic mass is 10.1. The zero-order chi connectivity index (χ0) is 23.3. The molecule has 1 aliphatic rings. The predicted octanol–water partition coefficient (Wildman–Crippen LogP) is 3.49. The summed E-state index contributed by atoms with van der Waals surface area (Å²) in [7, 11) is -1.98. The molecule has 2 aromatic carbocycles. The van der Waals surface area contributed by atoms with Crippen molar-refractivity contribution >= 4 is 27.5 Å². The van der Waals surface area contributed by atoms with Crippen LogP contribution in [0.25, 0.3) is 11.3 Å². The smallest absolute Gasteiger partial charge is 0.328 e. The van der Waals surface area contributed by atoms with Crippen molar-refractivity contribution in [3.05, 3.63) is 72.6 Å². The fourth-order valence-electron chi connectivity index (χ4n) is 3.48. The summed E-state index contributed by atoms with van der Waals surface area (Å²) >= 11 is 0. The summed E-state index contributed by atoms with van der Waals surface area (Å²) in [5.41, 5.74) is 2.95. The van der Waals surface area contributed by atoms with Gasteiger partial charge in [0.25, 0.3) is 0 Å². The number of esters is 1. The van der Waals surface area contributed by atoms with Crippen LogP contribution in [-0.4, -0.2) is 43.3 Å². The predicted molar refractivity (Wildman–Crippen MR) is 127 cm³/mol. The van der Waals surface area contributed by atoms with Crippen LogP contribution in [-0.2, 0) is 26.0 Å². The van der Waals surface area contributed by atoms with Crippen molar-refractivity contribution in [1.82, 2.24) is 9.97 Å². The molecule has 0 bridgehead atoms. The maximum Gasteiger partial charge on any atom is 0.328 e. The molecule has 9 heteroatoms. The van der Waals surface area contributed by atoms with E-state index in [0.717, 1.165) is 24.0 Å². The summed E-state index contributed by atoms with van der Waals surface area (Å²) < 4.78 is 31.9. The van der Waals surface area contributed by atoms with E-state index < -0.39 is 16.1 Å². The number of carbonyl (C=O) groups excluding carboxylic acids is 1. The average molecular weight is 467 g/mol. The van der Waals surface area contributed by atoms with Gasteiger partial charge in [0.15, 0.2) is 0 Å². The zero-order valence-electron chi connectivity index (χ0n) is 18.3. The molecule has 2 N–H and O–H groups in total. The highest BCUT2D eigenvalue weighted by Gasteiger charge is 2.28. The van der Waals surface area contributed by atoms with Crippen molar-refractivity contribution in [2.75, 3.05) is 22.9 Å². The fraction of sp³-hybridized carbons (Fsp3) is 0.292. The van der Waals surface area contributed by atoms with Gasteiger partial charge in [-0.2, -0.15) is 0 Å². The van der Waals surface area contributed by atoms with Crippen molar-refractivity contribution in [1.29, 1.82) is 0 Å². The number of hydrogen-bond donors (Lipinski definition) is 2. The molecule has 1 saturated carbocycles. The highest BCUT2D eigenvalue weighted by atomic mass is 32.2. The van der Waals surface area contributed by atoms with E-state index in [2.05, 4.69) is 20.0 Å². The van der Waals surface area contributed by atoms with Crippen LogP contribution in [0.2, 0.25) is 0 Å². The van der Waals surface area contributed by atoms with Crippen LogP contribution in [0.3, 0.4) is 0 Å². The molecule has 0 amide bonds. The number of anilines is 2. The molecule has 0 radical (unpaired) electrons. The fourth-order valence-corrected chi connectivity index (χ4v) is 5.02. The summed E-state index contributed by atoms with van der Waals surface area (Å²) in [5.74, 6) is 0.548. The minimum absolute atomic E-state index is 0.167. The summed E-state index contributed by atoms with van der Waals surface area (Å²) in [4.78, 5) is 20.9. The van der Waals surface area contributed by atoms with Gasteiger partial charge in [-0.05, 0) is 36.5 Å². The Labute approximate surface area is 193 Å². The average Bonchev–Trinajstić information content (AvgIpc) is 3.62. The largest absolute Gasteiger partial charge is 0.467 e. The molecular formula is C24H26N4O4S. The number of nitrogens with zero attached hydrogens (tertiary/aromatic N) is 2. The molecule has 3 aromatic rings. The van der Waals surface area contributed by atoms with Gasteiger partial charge in [-0.1, -0.05) is 42.5 Å². The lowest BCUT2D eigenvalue weighted by Gasteiger charge is -2.17. The van der Waals surface area contributed by atoms with Gasteiger partial charge in [0.05, 0.1) is 18.6 Å². The van der Waals surface area contributed by atoms with Gasteiger partial charge in [0.1, 0.15) is 18.2 Å². The standard InChI is InChI=1S/C24H26N4O4S/c1-32-24(29)22(13-17-5-3-2-4-6-17)27-23-14-21(25-16-26-23)19-9-11-20(12-10-19)28-33(30,31)15-18-7-8-18/h2-6,9-12,14,16,18,22,28H,7-8,13,15H2,1H3,(H,25,26,27)/t22-/m0/s1. The van der Waals surface area contributed by atoms with Gasteiger partial charge in [0.2, 0.25) is 10.0 Å². The minimum Gasteiger partial charge on any atom is -0.467 e. The summed E-state index contributed by atoms with van der Waals surface area (Å²) in [6, 6.07) is 17.8. The number of nitrogens with one attached hydrogen (secondary N) is 2. The monoisotopic (exact) mass is 466 g/mol. The van der Waals surface area contributed by atoms with E-state index in [9.17, 15) is 13.2 Å². The molecule has 0 saturated heterocycles. The molecule has 172 valence electrons. The molecule has 0 unspecified atom stereocenters. The molecule has 0 spiro atoms. The Balaban J connectivity index is 1.46. The van der Waals surface area contributed by atoms with E-state index in [-0.39, 0.29) is 17.6 Å². The Hall–Kier alpha value is -3.46. The van der Waals surface area contributed by atoms with E-state index in [1.165, 1.54) is 13.4 Å². The minimum atomic E-state index is -3.34.